The highest BCUT2D eigenvalue weighted by atomic mass is 16.8. The first-order valence-electron chi connectivity index (χ1n) is 10.2. The van der Waals surface area contributed by atoms with Crippen LogP contribution in [0, 0.1) is 22.7 Å². The molecule has 1 aromatic heterocycles. The van der Waals surface area contributed by atoms with Gasteiger partial charge in [0.1, 0.15) is 47.7 Å². The van der Waals surface area contributed by atoms with Crippen molar-refractivity contribution in [3.05, 3.63) is 34.6 Å². The summed E-state index contributed by atoms with van der Waals surface area (Å²) in [5, 5.41) is 39.3. The van der Waals surface area contributed by atoms with Crippen molar-refractivity contribution in [2.75, 3.05) is 12.3 Å². The molecule has 4 N–H and O–H groups in total. The average molecular weight is 461 g/mol. The SMILES string of the molecule is CC(C)(O)/C(=C/C#N)OC[C@H]1O[C@@H](n2ccc(N)nc2=O)C2OC(CC#N)(C(C)(C)O)OC21. The third kappa shape index (κ3) is 4.71. The summed E-state index contributed by atoms with van der Waals surface area (Å²) in [4.78, 5) is 16.2. The molecule has 0 bridgehead atoms. The van der Waals surface area contributed by atoms with Crippen molar-refractivity contribution in [1.29, 1.82) is 10.5 Å². The molecule has 3 heterocycles. The van der Waals surface area contributed by atoms with Crippen molar-refractivity contribution < 1.29 is 29.2 Å². The van der Waals surface area contributed by atoms with Gasteiger partial charge in [-0.15, -0.1) is 0 Å². The molecular weight excluding hydrogens is 434 g/mol. The monoisotopic (exact) mass is 461 g/mol. The largest absolute Gasteiger partial charge is 0.491 e. The van der Waals surface area contributed by atoms with Gasteiger partial charge in [0.25, 0.3) is 0 Å². The van der Waals surface area contributed by atoms with E-state index in [1.54, 1.807) is 0 Å². The summed E-state index contributed by atoms with van der Waals surface area (Å²) in [6.07, 6.45) is -1.47. The van der Waals surface area contributed by atoms with Gasteiger partial charge in [0.2, 0.25) is 5.79 Å². The maximum atomic E-state index is 12.5. The van der Waals surface area contributed by atoms with Crippen LogP contribution in [0.5, 0.6) is 0 Å². The minimum absolute atomic E-state index is 0.00427. The molecule has 0 aromatic carbocycles. The molecule has 0 spiro atoms. The van der Waals surface area contributed by atoms with Gasteiger partial charge in [0.05, 0.1) is 24.6 Å². The fourth-order valence-corrected chi connectivity index (χ4v) is 3.74. The molecule has 2 fully saturated rings. The predicted octanol–water partition coefficient (Wildman–Crippen LogP) is 0.0828. The Bertz CT molecular complexity index is 1060. The summed E-state index contributed by atoms with van der Waals surface area (Å²) in [5.74, 6) is -1.66. The lowest BCUT2D eigenvalue weighted by Gasteiger charge is -2.38. The number of nitriles is 2. The molecule has 1 aromatic rings. The van der Waals surface area contributed by atoms with Crippen LogP contribution in [0.2, 0.25) is 0 Å². The van der Waals surface area contributed by atoms with Gasteiger partial charge >= 0.3 is 5.69 Å². The lowest BCUT2D eigenvalue weighted by atomic mass is 9.95. The Kier molecular flexibility index (Phi) is 6.53. The zero-order valence-electron chi connectivity index (χ0n) is 18.8. The van der Waals surface area contributed by atoms with Gasteiger partial charge in [-0.1, -0.05) is 0 Å². The Morgan fingerprint density at radius 2 is 2.00 bits per heavy atom. The van der Waals surface area contributed by atoms with Crippen molar-refractivity contribution >= 4 is 5.82 Å². The molecule has 0 saturated carbocycles. The summed E-state index contributed by atoms with van der Waals surface area (Å²) < 4.78 is 25.0. The van der Waals surface area contributed by atoms with E-state index >= 15 is 0 Å². The summed E-state index contributed by atoms with van der Waals surface area (Å²) >= 11 is 0. The van der Waals surface area contributed by atoms with E-state index in [1.165, 1.54) is 44.5 Å². The minimum Gasteiger partial charge on any atom is -0.491 e. The van der Waals surface area contributed by atoms with E-state index in [0.29, 0.717) is 0 Å². The smallest absolute Gasteiger partial charge is 0.351 e. The summed E-state index contributed by atoms with van der Waals surface area (Å²) in [6.45, 7) is 5.64. The molecule has 3 rings (SSSR count). The molecule has 3 unspecified atom stereocenters. The van der Waals surface area contributed by atoms with Gasteiger partial charge in [0, 0.05) is 6.20 Å². The first-order valence-corrected chi connectivity index (χ1v) is 10.2. The molecule has 2 saturated heterocycles. The van der Waals surface area contributed by atoms with Crippen LogP contribution in [0.1, 0.15) is 40.3 Å². The van der Waals surface area contributed by atoms with Crippen LogP contribution in [-0.2, 0) is 18.9 Å². The fraction of sp³-hybridized carbons (Fsp3) is 0.619. The first-order chi connectivity index (χ1) is 15.3. The molecule has 33 heavy (non-hydrogen) atoms. The van der Waals surface area contributed by atoms with Gasteiger partial charge in [0.15, 0.2) is 6.23 Å². The van der Waals surface area contributed by atoms with Crippen molar-refractivity contribution in [3.8, 4) is 12.1 Å². The van der Waals surface area contributed by atoms with Crippen LogP contribution in [0.4, 0.5) is 5.82 Å². The number of aliphatic hydroxyl groups is 2. The first kappa shape index (κ1) is 24.6. The van der Waals surface area contributed by atoms with Crippen LogP contribution in [-0.4, -0.2) is 61.7 Å². The number of fused-ring (bicyclic) bond motifs is 1. The summed E-state index contributed by atoms with van der Waals surface area (Å²) in [5.41, 5.74) is 1.88. The lowest BCUT2D eigenvalue weighted by molar-refractivity contribution is -0.288. The predicted molar refractivity (Wildman–Crippen MR) is 112 cm³/mol. The summed E-state index contributed by atoms with van der Waals surface area (Å²) in [7, 11) is 0. The standard InChI is InChI=1S/C21H27N5O7/c1-19(2,28)13(5-8-22)30-11-12-15-16(33-21(32-15,7-9-23)20(3,4)29)17(31-12)26-10-6-14(24)25-18(26)27/h5-6,10,12,15-17,28-29H,7,11H2,1-4H3,(H2,24,25,27)/b13-5-/t12-,15?,16?,17-,21?/m1/s1. The average Bonchev–Trinajstić information content (AvgIpc) is 3.21. The number of aromatic nitrogens is 2. The lowest BCUT2D eigenvalue weighted by Crippen LogP contribution is -2.52. The Morgan fingerprint density at radius 1 is 1.33 bits per heavy atom. The van der Waals surface area contributed by atoms with E-state index in [1.807, 2.05) is 12.1 Å². The third-order valence-electron chi connectivity index (χ3n) is 5.51. The molecule has 2 aliphatic rings. The fourth-order valence-electron chi connectivity index (χ4n) is 3.74. The molecule has 12 nitrogen and oxygen atoms in total. The second kappa shape index (κ2) is 8.74. The van der Waals surface area contributed by atoms with Crippen LogP contribution in [0.15, 0.2) is 28.9 Å². The maximum Gasteiger partial charge on any atom is 0.351 e. The maximum absolute atomic E-state index is 12.5. The van der Waals surface area contributed by atoms with E-state index in [9.17, 15) is 20.3 Å². The highest BCUT2D eigenvalue weighted by molar-refractivity contribution is 5.24. The molecule has 0 radical (unpaired) electrons. The minimum atomic E-state index is -1.69. The van der Waals surface area contributed by atoms with Crippen molar-refractivity contribution in [2.24, 2.45) is 0 Å². The van der Waals surface area contributed by atoms with Gasteiger partial charge in [-0.05, 0) is 33.8 Å². The Morgan fingerprint density at radius 3 is 2.55 bits per heavy atom. The van der Waals surface area contributed by atoms with Gasteiger partial charge in [-0.3, -0.25) is 4.57 Å². The second-order valence-electron chi connectivity index (χ2n) is 8.93. The number of anilines is 1. The molecule has 12 heteroatoms. The van der Waals surface area contributed by atoms with E-state index in [-0.39, 0.29) is 24.6 Å². The van der Waals surface area contributed by atoms with Crippen molar-refractivity contribution in [3.63, 3.8) is 0 Å². The number of hydrogen-bond acceptors (Lipinski definition) is 11. The number of nitrogens with two attached hydrogens (primary N) is 1. The van der Waals surface area contributed by atoms with Crippen LogP contribution in [0.3, 0.4) is 0 Å². The van der Waals surface area contributed by atoms with Gasteiger partial charge < -0.3 is 34.9 Å². The number of nitrogens with zero attached hydrogens (tertiary/aromatic N) is 4. The Hall–Kier alpha value is -3.00. The highest BCUT2D eigenvalue weighted by Crippen LogP contribution is 2.48. The quantitative estimate of drug-likeness (QED) is 0.369. The number of allylic oxidation sites excluding steroid dienone is 1. The number of rotatable bonds is 7. The Balaban J connectivity index is 1.97. The topological polar surface area (TPSA) is 186 Å². The summed E-state index contributed by atoms with van der Waals surface area (Å²) in [6, 6.07) is 5.20. The van der Waals surface area contributed by atoms with E-state index < -0.39 is 47.2 Å². The zero-order chi connectivity index (χ0) is 24.6. The molecule has 0 amide bonds. The van der Waals surface area contributed by atoms with Crippen LogP contribution in [0.25, 0.3) is 0 Å². The van der Waals surface area contributed by atoms with E-state index in [4.69, 9.17) is 29.9 Å². The third-order valence-corrected chi connectivity index (χ3v) is 5.51. The molecule has 5 atom stereocenters. The van der Waals surface area contributed by atoms with E-state index in [2.05, 4.69) is 4.98 Å². The van der Waals surface area contributed by atoms with Crippen LogP contribution < -0.4 is 11.4 Å². The Labute approximate surface area is 190 Å². The van der Waals surface area contributed by atoms with E-state index in [0.717, 1.165) is 6.08 Å². The second-order valence-corrected chi connectivity index (χ2v) is 8.93. The van der Waals surface area contributed by atoms with Crippen molar-refractivity contribution in [1.82, 2.24) is 9.55 Å². The van der Waals surface area contributed by atoms with Crippen molar-refractivity contribution in [2.45, 2.75) is 75.6 Å². The zero-order valence-corrected chi connectivity index (χ0v) is 18.8. The number of hydrogen-bond donors (Lipinski definition) is 3. The molecular formula is C21H27N5O7. The molecule has 178 valence electrons. The molecule has 2 aliphatic heterocycles. The normalized spacial score (nSPS) is 29.9. The van der Waals surface area contributed by atoms with Gasteiger partial charge in [-0.2, -0.15) is 15.5 Å². The highest BCUT2D eigenvalue weighted by Gasteiger charge is 2.63. The van der Waals surface area contributed by atoms with Crippen LogP contribution >= 0.6 is 0 Å². The molecule has 0 aliphatic carbocycles. The number of nitrogen functional groups attached to an aromatic ring is 1. The van der Waals surface area contributed by atoms with Gasteiger partial charge in [-0.25, -0.2) is 4.79 Å². The number of ether oxygens (including phenoxy) is 4.